The van der Waals surface area contributed by atoms with Gasteiger partial charge in [-0.15, -0.1) is 0 Å². The summed E-state index contributed by atoms with van der Waals surface area (Å²) in [5.74, 6) is 0.170. The van der Waals surface area contributed by atoms with Gasteiger partial charge in [0.1, 0.15) is 5.75 Å². The van der Waals surface area contributed by atoms with Crippen LogP contribution in [0.1, 0.15) is 39.0 Å². The van der Waals surface area contributed by atoms with Gasteiger partial charge in [0, 0.05) is 18.2 Å². The summed E-state index contributed by atoms with van der Waals surface area (Å²) in [6, 6.07) is 4.12. The van der Waals surface area contributed by atoms with Crippen LogP contribution in [0.15, 0.2) is 18.2 Å². The zero-order valence-electron chi connectivity index (χ0n) is 13.5. The molecular weight excluding hydrogens is 298 g/mol. The lowest BCUT2D eigenvalue weighted by Gasteiger charge is -2.26. The van der Waals surface area contributed by atoms with Crippen LogP contribution in [0.5, 0.6) is 5.75 Å². The third-order valence-electron chi connectivity index (χ3n) is 4.14. The summed E-state index contributed by atoms with van der Waals surface area (Å²) in [4.78, 5) is 22.7. The molecule has 0 radical (unpaired) electrons. The number of ether oxygens (including phenoxy) is 1. The maximum atomic E-state index is 12.3. The fourth-order valence-corrected chi connectivity index (χ4v) is 2.85. The zero-order chi connectivity index (χ0) is 16.8. The van der Waals surface area contributed by atoms with Crippen molar-refractivity contribution in [2.75, 3.05) is 12.4 Å². The van der Waals surface area contributed by atoms with E-state index in [-0.39, 0.29) is 17.6 Å². The van der Waals surface area contributed by atoms with Crippen molar-refractivity contribution in [2.45, 2.75) is 51.1 Å². The van der Waals surface area contributed by atoms with E-state index in [4.69, 9.17) is 4.74 Å². The van der Waals surface area contributed by atoms with Crippen molar-refractivity contribution >= 4 is 17.3 Å². The van der Waals surface area contributed by atoms with E-state index in [9.17, 15) is 14.9 Å². The van der Waals surface area contributed by atoms with E-state index in [0.717, 1.165) is 12.8 Å². The number of nitrogens with zero attached hydrogens (tertiary/aromatic N) is 1. The first-order chi connectivity index (χ1) is 11.0. The minimum Gasteiger partial charge on any atom is -0.495 e. The number of benzene rings is 1. The van der Waals surface area contributed by atoms with Crippen molar-refractivity contribution in [2.24, 2.45) is 0 Å². The summed E-state index contributed by atoms with van der Waals surface area (Å²) in [5.41, 5.74) is 0.220. The van der Waals surface area contributed by atoms with Gasteiger partial charge < -0.3 is 15.4 Å². The second-order valence-corrected chi connectivity index (χ2v) is 5.85. The lowest BCUT2D eigenvalue weighted by Crippen LogP contribution is -2.44. The number of rotatable bonds is 6. The minimum absolute atomic E-state index is 0.0889. The normalized spacial score (nSPS) is 16.6. The monoisotopic (exact) mass is 321 g/mol. The first kappa shape index (κ1) is 17.2. The van der Waals surface area contributed by atoms with Crippen LogP contribution in [-0.4, -0.2) is 30.0 Å². The highest BCUT2D eigenvalue weighted by molar-refractivity contribution is 5.96. The topological polar surface area (TPSA) is 93.5 Å². The van der Waals surface area contributed by atoms with Gasteiger partial charge in [-0.1, -0.05) is 19.3 Å². The Morgan fingerprint density at radius 2 is 2.04 bits per heavy atom. The molecule has 1 atom stereocenters. The molecular formula is C16H23N3O4. The molecule has 7 nitrogen and oxygen atoms in total. The summed E-state index contributed by atoms with van der Waals surface area (Å²) in [5, 5.41) is 16.9. The van der Waals surface area contributed by atoms with E-state index in [2.05, 4.69) is 10.6 Å². The molecule has 126 valence electrons. The summed E-state index contributed by atoms with van der Waals surface area (Å²) in [6.07, 6.45) is 5.79. The van der Waals surface area contributed by atoms with Crippen LogP contribution in [0, 0.1) is 10.1 Å². The van der Waals surface area contributed by atoms with Gasteiger partial charge in [0.05, 0.1) is 23.8 Å². The number of anilines is 1. The predicted molar refractivity (Wildman–Crippen MR) is 87.7 cm³/mol. The third-order valence-corrected chi connectivity index (χ3v) is 4.14. The van der Waals surface area contributed by atoms with Crippen LogP contribution in [0.2, 0.25) is 0 Å². The van der Waals surface area contributed by atoms with Gasteiger partial charge in [-0.3, -0.25) is 14.9 Å². The Labute approximate surface area is 135 Å². The molecule has 2 N–H and O–H groups in total. The molecule has 0 aromatic heterocycles. The Balaban J connectivity index is 2.03. The predicted octanol–water partition coefficient (Wildman–Crippen LogP) is 2.85. The van der Waals surface area contributed by atoms with Crippen molar-refractivity contribution in [3.05, 3.63) is 28.3 Å². The second kappa shape index (κ2) is 7.92. The van der Waals surface area contributed by atoms with E-state index < -0.39 is 4.92 Å². The van der Waals surface area contributed by atoms with Crippen LogP contribution in [0.4, 0.5) is 11.4 Å². The zero-order valence-corrected chi connectivity index (χ0v) is 13.5. The molecule has 1 fully saturated rings. The Hall–Kier alpha value is -2.15. The molecule has 1 saturated carbocycles. The Morgan fingerprint density at radius 1 is 1.35 bits per heavy atom. The fourth-order valence-electron chi connectivity index (χ4n) is 2.85. The third kappa shape index (κ3) is 4.66. The Morgan fingerprint density at radius 3 is 2.65 bits per heavy atom. The standard InChI is InChI=1S/C16H23N3O4/c1-11(17-12-6-4-3-5-7-12)16(20)18-14-10-13(19(21)22)8-9-15(14)23-2/h8-12,17H,3-7H2,1-2H3,(H,18,20)/t11-/m1/s1. The molecule has 1 aromatic carbocycles. The van der Waals surface area contributed by atoms with Crippen molar-refractivity contribution in [1.82, 2.24) is 5.32 Å². The Bertz CT molecular complexity index is 570. The SMILES string of the molecule is COc1ccc([N+](=O)[O-])cc1NC(=O)[C@@H](C)NC1CCCCC1. The number of nitro benzene ring substituents is 1. The lowest BCUT2D eigenvalue weighted by atomic mass is 9.95. The van der Waals surface area contributed by atoms with Gasteiger partial charge >= 0.3 is 0 Å². The molecule has 0 saturated heterocycles. The van der Waals surface area contributed by atoms with E-state index >= 15 is 0 Å². The van der Waals surface area contributed by atoms with E-state index in [1.165, 1.54) is 44.6 Å². The van der Waals surface area contributed by atoms with Gasteiger partial charge in [-0.2, -0.15) is 0 Å². The van der Waals surface area contributed by atoms with E-state index in [1.54, 1.807) is 6.92 Å². The molecule has 1 aliphatic carbocycles. The van der Waals surface area contributed by atoms with Crippen LogP contribution in [0.3, 0.4) is 0 Å². The number of methoxy groups -OCH3 is 1. The number of hydrogen-bond acceptors (Lipinski definition) is 5. The molecule has 0 unspecified atom stereocenters. The molecule has 0 aliphatic heterocycles. The van der Waals surface area contributed by atoms with Gasteiger partial charge in [-0.05, 0) is 25.8 Å². The molecule has 2 rings (SSSR count). The molecule has 1 amide bonds. The van der Waals surface area contributed by atoms with Crippen molar-refractivity contribution in [3.8, 4) is 5.75 Å². The number of non-ortho nitro benzene ring substituents is 1. The highest BCUT2D eigenvalue weighted by atomic mass is 16.6. The first-order valence-electron chi connectivity index (χ1n) is 7.90. The van der Waals surface area contributed by atoms with Crippen molar-refractivity contribution in [1.29, 1.82) is 0 Å². The largest absolute Gasteiger partial charge is 0.495 e. The molecule has 23 heavy (non-hydrogen) atoms. The van der Waals surface area contributed by atoms with Crippen LogP contribution < -0.4 is 15.4 Å². The number of carbonyl (C=O) groups is 1. The van der Waals surface area contributed by atoms with Gasteiger partial charge in [0.15, 0.2) is 0 Å². The number of nitro groups is 1. The van der Waals surface area contributed by atoms with Gasteiger partial charge in [0.2, 0.25) is 5.91 Å². The Kier molecular flexibility index (Phi) is 5.92. The average molecular weight is 321 g/mol. The maximum Gasteiger partial charge on any atom is 0.271 e. The maximum absolute atomic E-state index is 12.3. The summed E-state index contributed by atoms with van der Waals surface area (Å²) in [6.45, 7) is 1.80. The van der Waals surface area contributed by atoms with Gasteiger partial charge in [-0.25, -0.2) is 0 Å². The van der Waals surface area contributed by atoms with Crippen molar-refractivity contribution in [3.63, 3.8) is 0 Å². The second-order valence-electron chi connectivity index (χ2n) is 5.85. The van der Waals surface area contributed by atoms with E-state index in [0.29, 0.717) is 17.5 Å². The van der Waals surface area contributed by atoms with Crippen LogP contribution >= 0.6 is 0 Å². The number of nitrogens with one attached hydrogen (secondary N) is 2. The molecule has 1 aromatic rings. The molecule has 1 aliphatic rings. The number of carbonyl (C=O) groups excluding carboxylic acids is 1. The summed E-state index contributed by atoms with van der Waals surface area (Å²) < 4.78 is 5.15. The highest BCUT2D eigenvalue weighted by Gasteiger charge is 2.21. The quantitative estimate of drug-likeness (QED) is 0.620. The molecule has 7 heteroatoms. The lowest BCUT2D eigenvalue weighted by molar-refractivity contribution is -0.384. The first-order valence-corrected chi connectivity index (χ1v) is 7.90. The molecule has 0 heterocycles. The summed E-state index contributed by atoms with van der Waals surface area (Å²) in [7, 11) is 1.46. The summed E-state index contributed by atoms with van der Waals surface area (Å²) >= 11 is 0. The van der Waals surface area contributed by atoms with Crippen LogP contribution in [0.25, 0.3) is 0 Å². The van der Waals surface area contributed by atoms with Crippen molar-refractivity contribution < 1.29 is 14.5 Å². The highest BCUT2D eigenvalue weighted by Crippen LogP contribution is 2.29. The van der Waals surface area contributed by atoms with E-state index in [1.807, 2.05) is 0 Å². The number of hydrogen-bond donors (Lipinski definition) is 2. The smallest absolute Gasteiger partial charge is 0.271 e. The number of amides is 1. The average Bonchev–Trinajstić information content (AvgIpc) is 2.55. The fraction of sp³-hybridized carbons (Fsp3) is 0.562. The van der Waals surface area contributed by atoms with Crippen LogP contribution in [-0.2, 0) is 4.79 Å². The minimum atomic E-state index is -0.501. The van der Waals surface area contributed by atoms with Gasteiger partial charge in [0.25, 0.3) is 5.69 Å². The molecule has 0 bridgehead atoms. The molecule has 0 spiro atoms.